The third-order valence-corrected chi connectivity index (χ3v) is 4.20. The molecule has 1 aromatic carbocycles. The van der Waals surface area contributed by atoms with Crippen molar-refractivity contribution in [3.63, 3.8) is 0 Å². The van der Waals surface area contributed by atoms with Crippen molar-refractivity contribution in [2.45, 2.75) is 18.1 Å². The average molecular weight is 277 g/mol. The van der Waals surface area contributed by atoms with Gasteiger partial charge in [-0.3, -0.25) is 0 Å². The van der Waals surface area contributed by atoms with Gasteiger partial charge in [-0.2, -0.15) is 12.6 Å². The Bertz CT molecular complexity index is 370. The summed E-state index contributed by atoms with van der Waals surface area (Å²) in [5.41, 5.74) is 1.13. The molecule has 4 heteroatoms. The van der Waals surface area contributed by atoms with E-state index in [-0.39, 0.29) is 0 Å². The van der Waals surface area contributed by atoms with E-state index in [1.165, 1.54) is 0 Å². The molecule has 0 spiro atoms. The summed E-state index contributed by atoms with van der Waals surface area (Å²) in [4.78, 5) is 0. The first kappa shape index (κ1) is 12.6. The lowest BCUT2D eigenvalue weighted by Crippen LogP contribution is -2.29. The topological polar surface area (TPSA) is 9.23 Å². The molecule has 2 unspecified atom stereocenters. The first-order valence-corrected chi connectivity index (χ1v) is 6.64. The van der Waals surface area contributed by atoms with Crippen molar-refractivity contribution in [3.05, 3.63) is 33.8 Å². The van der Waals surface area contributed by atoms with E-state index in [1.54, 1.807) is 6.07 Å². The minimum atomic E-state index is 0.403. The highest BCUT2D eigenvalue weighted by Gasteiger charge is 2.23. The van der Waals surface area contributed by atoms with Gasteiger partial charge in [0.15, 0.2) is 0 Å². The molecule has 0 radical (unpaired) electrons. The van der Waals surface area contributed by atoms with Crippen molar-refractivity contribution in [1.29, 1.82) is 0 Å². The van der Waals surface area contributed by atoms with Gasteiger partial charge in [0.2, 0.25) is 0 Å². The Balaban J connectivity index is 2.07. The van der Waals surface area contributed by atoms with Crippen LogP contribution in [0.1, 0.15) is 12.0 Å². The van der Waals surface area contributed by atoms with Crippen LogP contribution in [0, 0.1) is 5.92 Å². The molecular formula is C12H14Cl2OS. The largest absolute Gasteiger partial charge is 0.381 e. The summed E-state index contributed by atoms with van der Waals surface area (Å²) in [6.07, 6.45) is 1.92. The van der Waals surface area contributed by atoms with Crippen molar-refractivity contribution in [2.75, 3.05) is 13.2 Å². The minimum absolute atomic E-state index is 0.403. The van der Waals surface area contributed by atoms with Crippen molar-refractivity contribution >= 4 is 35.8 Å². The lowest BCUT2D eigenvalue weighted by atomic mass is 9.93. The second-order valence-corrected chi connectivity index (χ2v) is 5.64. The Morgan fingerprint density at radius 2 is 2.19 bits per heavy atom. The van der Waals surface area contributed by atoms with Crippen LogP contribution in [-0.4, -0.2) is 18.5 Å². The second kappa shape index (κ2) is 5.63. The molecule has 1 aromatic rings. The number of halogens is 2. The van der Waals surface area contributed by atoms with Gasteiger partial charge in [-0.15, -0.1) is 0 Å². The van der Waals surface area contributed by atoms with Gasteiger partial charge in [0.1, 0.15) is 0 Å². The smallest absolute Gasteiger partial charge is 0.0507 e. The quantitative estimate of drug-likeness (QED) is 0.807. The van der Waals surface area contributed by atoms with Crippen LogP contribution >= 0.6 is 35.8 Å². The highest BCUT2D eigenvalue weighted by atomic mass is 35.5. The number of hydrogen-bond donors (Lipinski definition) is 1. The van der Waals surface area contributed by atoms with E-state index < -0.39 is 0 Å². The maximum Gasteiger partial charge on any atom is 0.0507 e. The molecule has 0 bridgehead atoms. The maximum absolute atomic E-state index is 6.15. The molecule has 16 heavy (non-hydrogen) atoms. The number of hydrogen-bond acceptors (Lipinski definition) is 2. The van der Waals surface area contributed by atoms with Gasteiger partial charge in [-0.1, -0.05) is 29.3 Å². The molecule has 2 rings (SSSR count). The molecule has 1 aliphatic heterocycles. The van der Waals surface area contributed by atoms with Crippen molar-refractivity contribution in [3.8, 4) is 0 Å². The van der Waals surface area contributed by atoms with Crippen LogP contribution in [0.3, 0.4) is 0 Å². The molecule has 2 atom stereocenters. The highest BCUT2D eigenvalue weighted by molar-refractivity contribution is 7.81. The van der Waals surface area contributed by atoms with E-state index in [1.807, 2.05) is 12.1 Å². The first-order chi connectivity index (χ1) is 7.66. The number of ether oxygens (including phenoxy) is 1. The molecule has 1 heterocycles. The molecule has 88 valence electrons. The second-order valence-electron chi connectivity index (χ2n) is 4.13. The van der Waals surface area contributed by atoms with Gasteiger partial charge in [0, 0.05) is 21.9 Å². The molecular weight excluding hydrogens is 263 g/mol. The van der Waals surface area contributed by atoms with Crippen LogP contribution in [0.4, 0.5) is 0 Å². The summed E-state index contributed by atoms with van der Waals surface area (Å²) in [7, 11) is 0. The lowest BCUT2D eigenvalue weighted by molar-refractivity contribution is 0.0596. The summed E-state index contributed by atoms with van der Waals surface area (Å²) < 4.78 is 5.47. The molecule has 0 amide bonds. The normalized spacial score (nSPS) is 25.7. The Labute approximate surface area is 111 Å². The molecule has 1 aliphatic rings. The van der Waals surface area contributed by atoms with Gasteiger partial charge in [-0.05, 0) is 36.5 Å². The number of rotatable bonds is 2. The van der Waals surface area contributed by atoms with Crippen LogP contribution < -0.4 is 0 Å². The van der Waals surface area contributed by atoms with Crippen LogP contribution in [0.25, 0.3) is 0 Å². The summed E-state index contributed by atoms with van der Waals surface area (Å²) in [5, 5.41) is 1.81. The van der Waals surface area contributed by atoms with E-state index in [0.717, 1.165) is 36.6 Å². The zero-order valence-electron chi connectivity index (χ0n) is 8.83. The molecule has 0 N–H and O–H groups in total. The minimum Gasteiger partial charge on any atom is -0.381 e. The lowest BCUT2D eigenvalue weighted by Gasteiger charge is -2.28. The monoisotopic (exact) mass is 276 g/mol. The predicted octanol–water partition coefficient (Wildman–Crippen LogP) is 3.87. The molecule has 0 saturated carbocycles. The van der Waals surface area contributed by atoms with E-state index in [4.69, 9.17) is 27.9 Å². The number of benzene rings is 1. The van der Waals surface area contributed by atoms with Gasteiger partial charge in [0.05, 0.1) is 6.61 Å². The first-order valence-electron chi connectivity index (χ1n) is 5.36. The molecule has 1 fully saturated rings. The summed E-state index contributed by atoms with van der Waals surface area (Å²) in [6.45, 7) is 1.59. The fraction of sp³-hybridized carbons (Fsp3) is 0.500. The van der Waals surface area contributed by atoms with Crippen molar-refractivity contribution < 1.29 is 4.74 Å². The highest BCUT2D eigenvalue weighted by Crippen LogP contribution is 2.28. The standard InChI is InChI=1S/C12H14Cl2OS/c13-10-2-1-8(11(14)6-10)5-9-7-15-4-3-12(9)16/h1-2,6,9,12,16H,3-5,7H2. The van der Waals surface area contributed by atoms with Crippen molar-refractivity contribution in [1.82, 2.24) is 0 Å². The third-order valence-electron chi connectivity index (χ3n) is 2.93. The Morgan fingerprint density at radius 1 is 1.38 bits per heavy atom. The Morgan fingerprint density at radius 3 is 2.88 bits per heavy atom. The Hall–Kier alpha value is 0.110. The van der Waals surface area contributed by atoms with Gasteiger partial charge >= 0.3 is 0 Å². The van der Waals surface area contributed by atoms with Crippen LogP contribution in [0.5, 0.6) is 0 Å². The fourth-order valence-corrected chi connectivity index (χ4v) is 2.73. The summed E-state index contributed by atoms with van der Waals surface area (Å²) >= 11 is 16.6. The zero-order chi connectivity index (χ0) is 11.5. The SMILES string of the molecule is SC1CCOCC1Cc1ccc(Cl)cc1Cl. The summed E-state index contributed by atoms with van der Waals surface area (Å²) in [6, 6.07) is 5.65. The molecule has 0 aliphatic carbocycles. The van der Waals surface area contributed by atoms with E-state index in [2.05, 4.69) is 12.6 Å². The van der Waals surface area contributed by atoms with E-state index in [0.29, 0.717) is 16.2 Å². The molecule has 1 saturated heterocycles. The van der Waals surface area contributed by atoms with Gasteiger partial charge < -0.3 is 4.74 Å². The van der Waals surface area contributed by atoms with Crippen molar-refractivity contribution in [2.24, 2.45) is 5.92 Å². The predicted molar refractivity (Wildman–Crippen MR) is 71.9 cm³/mol. The van der Waals surface area contributed by atoms with Gasteiger partial charge in [-0.25, -0.2) is 0 Å². The van der Waals surface area contributed by atoms with E-state index in [9.17, 15) is 0 Å². The van der Waals surface area contributed by atoms with Gasteiger partial charge in [0.25, 0.3) is 0 Å². The summed E-state index contributed by atoms with van der Waals surface area (Å²) in [5.74, 6) is 0.441. The Kier molecular flexibility index (Phi) is 4.42. The van der Waals surface area contributed by atoms with E-state index >= 15 is 0 Å². The molecule has 0 aromatic heterocycles. The maximum atomic E-state index is 6.15. The average Bonchev–Trinajstić information content (AvgIpc) is 2.25. The zero-order valence-corrected chi connectivity index (χ0v) is 11.2. The molecule has 1 nitrogen and oxygen atoms in total. The third kappa shape index (κ3) is 3.07. The number of thiol groups is 1. The van der Waals surface area contributed by atoms with Crippen LogP contribution in [-0.2, 0) is 11.2 Å². The van der Waals surface area contributed by atoms with Crippen LogP contribution in [0.2, 0.25) is 10.0 Å². The van der Waals surface area contributed by atoms with Crippen LogP contribution in [0.15, 0.2) is 18.2 Å². The fourth-order valence-electron chi connectivity index (χ4n) is 1.95.